The molecular weight excluding hydrogens is 657 g/mol. The molecule has 0 unspecified atom stereocenters. The summed E-state index contributed by atoms with van der Waals surface area (Å²) in [5.74, 6) is 0.214. The molecule has 1 aliphatic heterocycles. The number of nitrogens with zero attached hydrogens (tertiary/aromatic N) is 4. The first-order chi connectivity index (χ1) is 24.3. The van der Waals surface area contributed by atoms with Gasteiger partial charge in [0.15, 0.2) is 28.8 Å². The summed E-state index contributed by atoms with van der Waals surface area (Å²) in [6.07, 6.45) is -1.79. The molecule has 0 radical (unpaired) electrons. The Bertz CT molecular complexity index is 2060. The number of carbonyl (C=O) groups excluding carboxylic acids is 1. The Labute approximate surface area is 294 Å². The van der Waals surface area contributed by atoms with Crippen LogP contribution in [0, 0.1) is 0 Å². The van der Waals surface area contributed by atoms with E-state index in [-0.39, 0.29) is 22.3 Å². The zero-order valence-corrected chi connectivity index (χ0v) is 28.4. The molecule has 0 bridgehead atoms. The number of benzene rings is 4. The fourth-order valence-electron chi connectivity index (χ4n) is 6.67. The first kappa shape index (κ1) is 33.2. The average Bonchev–Trinajstić information content (AvgIpc) is 3.69. The molecule has 7 rings (SSSR count). The molecule has 50 heavy (non-hydrogen) atoms. The maximum absolute atomic E-state index is 16.2. The van der Waals surface area contributed by atoms with Crippen molar-refractivity contribution in [1.82, 2.24) is 19.5 Å². The van der Waals surface area contributed by atoms with E-state index in [4.69, 9.17) is 30.8 Å². The van der Waals surface area contributed by atoms with Crippen molar-refractivity contribution in [3.63, 3.8) is 0 Å². The third-order valence-corrected chi connectivity index (χ3v) is 9.52. The van der Waals surface area contributed by atoms with Gasteiger partial charge in [-0.15, -0.1) is 0 Å². The lowest BCUT2D eigenvalue weighted by Crippen LogP contribution is -2.45. The monoisotopic (exact) mass is 691 g/mol. The second-order valence-electron chi connectivity index (χ2n) is 12.3. The molecule has 3 heterocycles. The Balaban J connectivity index is 1.37. The molecule has 0 spiro atoms. The normalized spacial score (nSPS) is 20.5. The summed E-state index contributed by atoms with van der Waals surface area (Å²) in [6, 6.07) is 36.1. The van der Waals surface area contributed by atoms with E-state index in [2.05, 4.69) is 15.3 Å². The van der Waals surface area contributed by atoms with Crippen LogP contribution in [-0.2, 0) is 15.0 Å². The number of ether oxygens (including phenoxy) is 3. The number of anilines is 1. The lowest BCUT2D eigenvalue weighted by atomic mass is 9.77. The van der Waals surface area contributed by atoms with Crippen molar-refractivity contribution in [3.05, 3.63) is 149 Å². The van der Waals surface area contributed by atoms with E-state index in [0.29, 0.717) is 17.7 Å². The zero-order chi connectivity index (χ0) is 34.9. The molecule has 0 aliphatic carbocycles. The number of fused-ring (bicyclic) bond motifs is 1. The van der Waals surface area contributed by atoms with Crippen molar-refractivity contribution in [2.24, 2.45) is 0 Å². The number of carbonyl (C=O) groups is 1. The lowest BCUT2D eigenvalue weighted by Gasteiger charge is -2.37. The molecule has 1 N–H and O–H groups in total. The number of rotatable bonds is 10. The third-order valence-electron chi connectivity index (χ3n) is 9.26. The van der Waals surface area contributed by atoms with Crippen LogP contribution < -0.4 is 10.1 Å². The molecule has 0 amide bonds. The molecule has 1 saturated heterocycles. The van der Waals surface area contributed by atoms with Crippen molar-refractivity contribution in [3.8, 4) is 5.75 Å². The first-order valence-electron chi connectivity index (χ1n) is 16.3. The van der Waals surface area contributed by atoms with E-state index in [1.165, 1.54) is 13.3 Å². The van der Waals surface area contributed by atoms with E-state index >= 15 is 4.39 Å². The molecule has 6 aromatic rings. The van der Waals surface area contributed by atoms with Crippen LogP contribution in [0.3, 0.4) is 0 Å². The number of aromatic nitrogens is 4. The largest absolute Gasteiger partial charge is 0.497 e. The zero-order valence-electron chi connectivity index (χ0n) is 27.7. The number of hydrogen-bond acceptors (Lipinski definition) is 8. The summed E-state index contributed by atoms with van der Waals surface area (Å²) < 4.78 is 35.5. The van der Waals surface area contributed by atoms with E-state index in [9.17, 15) is 4.79 Å². The molecule has 9 nitrogen and oxygen atoms in total. The summed E-state index contributed by atoms with van der Waals surface area (Å²) in [5.41, 5.74) is 0.824. The van der Waals surface area contributed by atoms with E-state index in [1.807, 2.05) is 91.9 Å². The van der Waals surface area contributed by atoms with Gasteiger partial charge >= 0.3 is 5.97 Å². The topological polar surface area (TPSA) is 100 Å². The number of alkyl halides is 1. The Morgan fingerprint density at radius 2 is 1.50 bits per heavy atom. The Morgan fingerprint density at radius 1 is 0.920 bits per heavy atom. The molecule has 254 valence electrons. The smallest absolute Gasteiger partial charge is 0.338 e. The summed E-state index contributed by atoms with van der Waals surface area (Å²) in [6.45, 7) is 3.35. The standard InChI is InChI=1S/C39H35ClFN5O4/c1-4-30-32(41)38(2,50-35(47)25-14-8-5-9-15-25)36(49-30)46-24-42-31-33(40)43-37(44-34(31)46)45-39(26-16-10-6-11-17-26,27-18-12-7-13-19-27)28-20-22-29(48-3)23-21-28/h5-24,30,32,36H,4H2,1-3H3,(H,43,44,45)/t30-,32-,36-,38-/m1/s1. The van der Waals surface area contributed by atoms with Crippen molar-refractivity contribution in [2.75, 3.05) is 12.4 Å². The van der Waals surface area contributed by atoms with Crippen LogP contribution in [0.2, 0.25) is 5.15 Å². The number of methoxy groups -OCH3 is 1. The van der Waals surface area contributed by atoms with Gasteiger partial charge in [-0.3, -0.25) is 4.57 Å². The maximum Gasteiger partial charge on any atom is 0.338 e. The Morgan fingerprint density at radius 3 is 2.08 bits per heavy atom. The minimum atomic E-state index is -1.73. The highest BCUT2D eigenvalue weighted by atomic mass is 35.5. The molecular formula is C39H35ClFN5O4. The Kier molecular flexibility index (Phi) is 8.98. The molecule has 1 aliphatic rings. The van der Waals surface area contributed by atoms with E-state index in [1.54, 1.807) is 42.0 Å². The fourth-order valence-corrected chi connectivity index (χ4v) is 6.88. The van der Waals surface area contributed by atoms with Crippen molar-refractivity contribution < 1.29 is 23.4 Å². The summed E-state index contributed by atoms with van der Waals surface area (Å²) in [5, 5.41) is 3.71. The SMILES string of the molecule is CC[C@H]1O[C@@H](n2cnc3c(Cl)nc(NC(c4ccccc4)(c4ccccc4)c4ccc(OC)cc4)nc32)[C@](C)(OC(=O)c2ccccc2)[C@@H]1F. The van der Waals surface area contributed by atoms with E-state index < -0.39 is 35.6 Å². The van der Waals surface area contributed by atoms with Gasteiger partial charge in [-0.1, -0.05) is 110 Å². The highest BCUT2D eigenvalue weighted by molar-refractivity contribution is 6.33. The second kappa shape index (κ2) is 13.5. The first-order valence-corrected chi connectivity index (χ1v) is 16.7. The molecule has 1 fully saturated rings. The van der Waals surface area contributed by atoms with Crippen molar-refractivity contribution in [1.29, 1.82) is 0 Å². The highest BCUT2D eigenvalue weighted by Gasteiger charge is 2.58. The lowest BCUT2D eigenvalue weighted by molar-refractivity contribution is -0.0974. The molecule has 4 aromatic carbocycles. The minimum absolute atomic E-state index is 0.0748. The second-order valence-corrected chi connectivity index (χ2v) is 12.6. The molecule has 11 heteroatoms. The predicted octanol–water partition coefficient (Wildman–Crippen LogP) is 8.15. The van der Waals surface area contributed by atoms with Gasteiger partial charge < -0.3 is 19.5 Å². The summed E-state index contributed by atoms with van der Waals surface area (Å²) in [4.78, 5) is 27.4. The fraction of sp³-hybridized carbons (Fsp3) is 0.231. The van der Waals surface area contributed by atoms with Crippen molar-refractivity contribution >= 4 is 34.7 Å². The number of halogens is 2. The van der Waals surface area contributed by atoms with Gasteiger partial charge in [0, 0.05) is 0 Å². The van der Waals surface area contributed by atoms with Gasteiger partial charge in [-0.05, 0) is 54.3 Å². The van der Waals surface area contributed by atoms with Crippen molar-refractivity contribution in [2.45, 2.75) is 49.9 Å². The molecule has 2 aromatic heterocycles. The van der Waals surface area contributed by atoms with Gasteiger partial charge in [0.1, 0.15) is 16.8 Å². The van der Waals surface area contributed by atoms with Crippen LogP contribution in [0.4, 0.5) is 10.3 Å². The Hall–Kier alpha value is -5.32. The number of imidazole rings is 1. The van der Waals surface area contributed by atoms with Crippen LogP contribution in [0.1, 0.15) is 53.5 Å². The van der Waals surface area contributed by atoms with Crippen LogP contribution in [0.5, 0.6) is 5.75 Å². The van der Waals surface area contributed by atoms with Crippen LogP contribution in [-0.4, -0.2) is 50.5 Å². The summed E-state index contributed by atoms with van der Waals surface area (Å²) in [7, 11) is 1.62. The molecule has 4 atom stereocenters. The third kappa shape index (κ3) is 5.74. The van der Waals surface area contributed by atoms with Gasteiger partial charge in [0.05, 0.1) is 25.1 Å². The summed E-state index contributed by atoms with van der Waals surface area (Å²) >= 11 is 6.83. The predicted molar refractivity (Wildman–Crippen MR) is 189 cm³/mol. The minimum Gasteiger partial charge on any atom is -0.497 e. The number of hydrogen-bond donors (Lipinski definition) is 1. The number of nitrogens with one attached hydrogen (secondary N) is 1. The average molecular weight is 692 g/mol. The number of esters is 1. The van der Waals surface area contributed by atoms with E-state index in [0.717, 1.165) is 16.7 Å². The van der Waals surface area contributed by atoms with Gasteiger partial charge in [0.25, 0.3) is 0 Å². The van der Waals surface area contributed by atoms with Gasteiger partial charge in [0.2, 0.25) is 5.95 Å². The van der Waals surface area contributed by atoms with Crippen LogP contribution in [0.15, 0.2) is 122 Å². The van der Waals surface area contributed by atoms with Gasteiger partial charge in [-0.25, -0.2) is 14.2 Å². The van der Waals surface area contributed by atoms with Crippen LogP contribution >= 0.6 is 11.6 Å². The van der Waals surface area contributed by atoms with Gasteiger partial charge in [-0.2, -0.15) is 9.97 Å². The highest BCUT2D eigenvalue weighted by Crippen LogP contribution is 2.46. The van der Waals surface area contributed by atoms with Crippen LogP contribution in [0.25, 0.3) is 11.2 Å². The maximum atomic E-state index is 16.2. The quantitative estimate of drug-likeness (QED) is 0.0873. The molecule has 0 saturated carbocycles.